The van der Waals surface area contributed by atoms with E-state index < -0.39 is 0 Å². The minimum Gasteiger partial charge on any atom is -0.298 e. The van der Waals surface area contributed by atoms with Crippen molar-refractivity contribution in [1.29, 1.82) is 0 Å². The van der Waals surface area contributed by atoms with Gasteiger partial charge in [-0.15, -0.1) is 11.3 Å². The molecule has 0 fully saturated rings. The predicted octanol–water partition coefficient (Wildman–Crippen LogP) is 5.33. The van der Waals surface area contributed by atoms with Crippen molar-refractivity contribution in [3.05, 3.63) is 69.6 Å². The van der Waals surface area contributed by atoms with E-state index in [0.29, 0.717) is 15.7 Å². The number of hydrogen-bond acceptors (Lipinski definition) is 3. The Bertz CT molecular complexity index is 838. The van der Waals surface area contributed by atoms with Crippen molar-refractivity contribution in [1.82, 2.24) is 4.98 Å². The number of thiazole rings is 1. The van der Waals surface area contributed by atoms with Crippen LogP contribution in [-0.2, 0) is 0 Å². The molecule has 0 spiro atoms. The Morgan fingerprint density at radius 2 is 1.70 bits per heavy atom. The molecule has 2 aromatic carbocycles. The summed E-state index contributed by atoms with van der Waals surface area (Å²) in [5, 5.41) is 4.05. The minimum absolute atomic E-state index is 0.189. The van der Waals surface area contributed by atoms with E-state index in [1.54, 1.807) is 24.3 Å². The Morgan fingerprint density at radius 3 is 2.35 bits per heavy atom. The monoisotopic (exact) mass is 342 g/mol. The normalized spacial score (nSPS) is 10.6. The van der Waals surface area contributed by atoms with Crippen molar-refractivity contribution in [2.75, 3.05) is 5.32 Å². The molecule has 0 saturated heterocycles. The first kappa shape index (κ1) is 15.7. The molecule has 0 unspecified atom stereocenters. The lowest BCUT2D eigenvalue weighted by Gasteiger charge is -2.01. The molecule has 1 aromatic heterocycles. The van der Waals surface area contributed by atoms with E-state index in [4.69, 9.17) is 11.6 Å². The Morgan fingerprint density at radius 1 is 1.04 bits per heavy atom. The average Bonchev–Trinajstić information content (AvgIpc) is 2.89. The number of rotatable bonds is 3. The number of nitrogens with one attached hydrogen (secondary N) is 1. The van der Waals surface area contributed by atoms with Crippen LogP contribution in [0.5, 0.6) is 0 Å². The molecule has 0 aliphatic carbocycles. The fourth-order valence-corrected chi connectivity index (χ4v) is 3.16. The first-order chi connectivity index (χ1) is 11.0. The molecule has 116 valence electrons. The van der Waals surface area contributed by atoms with Crippen molar-refractivity contribution >= 4 is 34.0 Å². The summed E-state index contributed by atoms with van der Waals surface area (Å²) >= 11 is 7.31. The molecule has 0 bridgehead atoms. The van der Waals surface area contributed by atoms with E-state index in [1.807, 2.05) is 19.1 Å². The summed E-state index contributed by atoms with van der Waals surface area (Å²) in [7, 11) is 0. The molecule has 0 radical (unpaired) electrons. The quantitative estimate of drug-likeness (QED) is 0.698. The summed E-state index contributed by atoms with van der Waals surface area (Å²) in [6.07, 6.45) is 0. The number of aromatic nitrogens is 1. The van der Waals surface area contributed by atoms with E-state index in [2.05, 4.69) is 29.4 Å². The number of anilines is 1. The molecule has 1 N–H and O–H groups in total. The lowest BCUT2D eigenvalue weighted by molar-refractivity contribution is 0.102. The third-order valence-electron chi connectivity index (χ3n) is 3.45. The zero-order chi connectivity index (χ0) is 16.4. The van der Waals surface area contributed by atoms with Gasteiger partial charge < -0.3 is 0 Å². The van der Waals surface area contributed by atoms with Gasteiger partial charge in [-0.2, -0.15) is 0 Å². The van der Waals surface area contributed by atoms with Crippen LogP contribution in [0, 0.1) is 13.8 Å². The maximum atomic E-state index is 12.2. The number of benzene rings is 2. The van der Waals surface area contributed by atoms with Crippen LogP contribution in [0.1, 0.15) is 20.8 Å². The van der Waals surface area contributed by atoms with Crippen LogP contribution in [0.3, 0.4) is 0 Å². The molecule has 0 aliphatic heterocycles. The highest BCUT2D eigenvalue weighted by atomic mass is 35.5. The summed E-state index contributed by atoms with van der Waals surface area (Å²) in [6.45, 7) is 4.06. The van der Waals surface area contributed by atoms with Gasteiger partial charge in [-0.3, -0.25) is 10.1 Å². The molecule has 0 atom stereocenters. The molecule has 1 heterocycles. The summed E-state index contributed by atoms with van der Waals surface area (Å²) in [5.74, 6) is -0.189. The van der Waals surface area contributed by atoms with Crippen LogP contribution >= 0.6 is 22.9 Å². The number of carbonyl (C=O) groups is 1. The van der Waals surface area contributed by atoms with Crippen LogP contribution in [0.15, 0.2) is 48.5 Å². The van der Waals surface area contributed by atoms with E-state index in [-0.39, 0.29) is 5.91 Å². The zero-order valence-corrected chi connectivity index (χ0v) is 14.3. The van der Waals surface area contributed by atoms with Crippen molar-refractivity contribution in [3.8, 4) is 11.3 Å². The topological polar surface area (TPSA) is 42.0 Å². The second kappa shape index (κ2) is 6.52. The van der Waals surface area contributed by atoms with Gasteiger partial charge in [-0.25, -0.2) is 4.98 Å². The van der Waals surface area contributed by atoms with Gasteiger partial charge in [0.2, 0.25) is 0 Å². The van der Waals surface area contributed by atoms with Gasteiger partial charge in [0.1, 0.15) is 0 Å². The Labute approximate surface area is 144 Å². The van der Waals surface area contributed by atoms with E-state index in [0.717, 1.165) is 16.1 Å². The molecule has 0 saturated carbocycles. The number of nitrogens with zero attached hydrogens (tertiary/aromatic N) is 1. The first-order valence-corrected chi connectivity index (χ1v) is 8.34. The Balaban J connectivity index is 1.82. The van der Waals surface area contributed by atoms with Gasteiger partial charge in [0, 0.05) is 21.0 Å². The maximum Gasteiger partial charge on any atom is 0.257 e. The van der Waals surface area contributed by atoms with Crippen LogP contribution < -0.4 is 5.32 Å². The Kier molecular flexibility index (Phi) is 4.46. The standard InChI is InChI=1S/C18H15ClN2OS/c1-11-3-5-13(6-4-11)16-12(2)23-18(20-16)21-17(22)14-7-9-15(19)10-8-14/h3-10H,1-2H3,(H,20,21,22). The van der Waals surface area contributed by atoms with E-state index in [1.165, 1.54) is 16.9 Å². The highest BCUT2D eigenvalue weighted by Crippen LogP contribution is 2.30. The van der Waals surface area contributed by atoms with E-state index in [9.17, 15) is 4.79 Å². The molecule has 3 nitrogen and oxygen atoms in total. The summed E-state index contributed by atoms with van der Waals surface area (Å²) < 4.78 is 0. The molecule has 0 aliphatic rings. The third-order valence-corrected chi connectivity index (χ3v) is 4.59. The van der Waals surface area contributed by atoms with Crippen molar-refractivity contribution in [2.24, 2.45) is 0 Å². The van der Waals surface area contributed by atoms with Gasteiger partial charge in [-0.1, -0.05) is 41.4 Å². The molecule has 3 rings (SSSR count). The molecule has 1 amide bonds. The fourth-order valence-electron chi connectivity index (χ4n) is 2.20. The van der Waals surface area contributed by atoms with Crippen molar-refractivity contribution in [3.63, 3.8) is 0 Å². The minimum atomic E-state index is -0.189. The number of carbonyl (C=O) groups excluding carboxylic acids is 1. The first-order valence-electron chi connectivity index (χ1n) is 7.14. The summed E-state index contributed by atoms with van der Waals surface area (Å²) in [5.41, 5.74) is 3.72. The largest absolute Gasteiger partial charge is 0.298 e. The highest BCUT2D eigenvalue weighted by molar-refractivity contribution is 7.16. The van der Waals surface area contributed by atoms with Gasteiger partial charge in [0.05, 0.1) is 5.69 Å². The molecular formula is C18H15ClN2OS. The number of hydrogen-bond donors (Lipinski definition) is 1. The molecule has 23 heavy (non-hydrogen) atoms. The lowest BCUT2D eigenvalue weighted by Crippen LogP contribution is -2.11. The highest BCUT2D eigenvalue weighted by Gasteiger charge is 2.13. The number of amides is 1. The van der Waals surface area contributed by atoms with E-state index >= 15 is 0 Å². The third kappa shape index (κ3) is 3.60. The van der Waals surface area contributed by atoms with Crippen molar-refractivity contribution < 1.29 is 4.79 Å². The number of aryl methyl sites for hydroxylation is 2. The molecule has 5 heteroatoms. The molecular weight excluding hydrogens is 328 g/mol. The molecule has 3 aromatic rings. The van der Waals surface area contributed by atoms with Crippen LogP contribution in [-0.4, -0.2) is 10.9 Å². The zero-order valence-electron chi connectivity index (χ0n) is 12.8. The second-order valence-electron chi connectivity index (χ2n) is 5.25. The Hall–Kier alpha value is -2.17. The number of halogens is 1. The van der Waals surface area contributed by atoms with Gasteiger partial charge in [0.15, 0.2) is 5.13 Å². The average molecular weight is 343 g/mol. The van der Waals surface area contributed by atoms with Crippen molar-refractivity contribution in [2.45, 2.75) is 13.8 Å². The van der Waals surface area contributed by atoms with Gasteiger partial charge in [0.25, 0.3) is 5.91 Å². The SMILES string of the molecule is Cc1ccc(-c2nc(NC(=O)c3ccc(Cl)cc3)sc2C)cc1. The van der Waals surface area contributed by atoms with Crippen LogP contribution in [0.2, 0.25) is 5.02 Å². The summed E-state index contributed by atoms with van der Waals surface area (Å²) in [4.78, 5) is 17.9. The lowest BCUT2D eigenvalue weighted by atomic mass is 10.1. The smallest absolute Gasteiger partial charge is 0.257 e. The fraction of sp³-hybridized carbons (Fsp3) is 0.111. The van der Waals surface area contributed by atoms with Gasteiger partial charge in [-0.05, 0) is 38.1 Å². The second-order valence-corrected chi connectivity index (χ2v) is 6.89. The van der Waals surface area contributed by atoms with Crippen LogP contribution in [0.4, 0.5) is 5.13 Å². The maximum absolute atomic E-state index is 12.2. The summed E-state index contributed by atoms with van der Waals surface area (Å²) in [6, 6.07) is 15.0. The van der Waals surface area contributed by atoms with Gasteiger partial charge >= 0.3 is 0 Å². The van der Waals surface area contributed by atoms with Crippen LogP contribution in [0.25, 0.3) is 11.3 Å². The predicted molar refractivity (Wildman–Crippen MR) is 96.4 cm³/mol.